The van der Waals surface area contributed by atoms with Crippen molar-refractivity contribution in [3.8, 4) is 0 Å². The molecule has 15 nitrogen and oxygen atoms in total. The lowest BCUT2D eigenvalue weighted by Gasteiger charge is -2.25. The summed E-state index contributed by atoms with van der Waals surface area (Å²) in [5.41, 5.74) is -1.53. The molecule has 1 aromatic heterocycles. The Labute approximate surface area is 326 Å². The molecule has 4 rings (SSSR count). The molecule has 1 saturated heterocycles. The number of hydrogen-bond acceptors (Lipinski definition) is 11. The van der Waals surface area contributed by atoms with Gasteiger partial charge in [0.05, 0.1) is 5.56 Å². The van der Waals surface area contributed by atoms with Gasteiger partial charge in [-0.1, -0.05) is 76.6 Å². The predicted octanol–water partition coefficient (Wildman–Crippen LogP) is 4.92. The molecule has 5 atom stereocenters. The minimum atomic E-state index is -1.21. The molecule has 0 aliphatic carbocycles. The Morgan fingerprint density at radius 2 is 1.36 bits per heavy atom. The van der Waals surface area contributed by atoms with Crippen LogP contribution in [0.2, 0.25) is 0 Å². The molecule has 16 heteroatoms. The van der Waals surface area contributed by atoms with E-state index in [1.807, 2.05) is 12.1 Å². The lowest BCUT2D eigenvalue weighted by Crippen LogP contribution is -2.48. The maximum Gasteiger partial charge on any atom is 0.408 e. The SMILES string of the molecule is CC(C)(C)OC(=O)N[C@@H](Cc1ccccc1)C(=O)OC[C@H]1O[C@@H](n2cc(/C=C/Br)c(=O)[nH]c2=O)C[C@@H]1OC(=O)[C@H](Cc1ccccc1)NC(=O)OC(C)(C)C. The van der Waals surface area contributed by atoms with Crippen molar-refractivity contribution in [3.05, 3.63) is 109 Å². The van der Waals surface area contributed by atoms with E-state index in [-0.39, 0.29) is 24.8 Å². The van der Waals surface area contributed by atoms with Gasteiger partial charge in [-0.15, -0.1) is 0 Å². The summed E-state index contributed by atoms with van der Waals surface area (Å²) in [5, 5.41) is 5.17. The first-order valence-electron chi connectivity index (χ1n) is 17.6. The van der Waals surface area contributed by atoms with Crippen LogP contribution in [-0.2, 0) is 46.1 Å². The average Bonchev–Trinajstić information content (AvgIpc) is 3.49. The van der Waals surface area contributed by atoms with Crippen molar-refractivity contribution >= 4 is 46.1 Å². The van der Waals surface area contributed by atoms with Gasteiger partial charge in [0.25, 0.3) is 5.56 Å². The number of esters is 2. The molecule has 2 amide bonds. The normalized spacial score (nSPS) is 18.2. The number of amides is 2. The van der Waals surface area contributed by atoms with Gasteiger partial charge in [-0.3, -0.25) is 14.3 Å². The van der Waals surface area contributed by atoms with E-state index in [0.29, 0.717) is 0 Å². The van der Waals surface area contributed by atoms with E-state index in [2.05, 4.69) is 31.5 Å². The molecule has 55 heavy (non-hydrogen) atoms. The van der Waals surface area contributed by atoms with E-state index in [0.717, 1.165) is 15.7 Å². The minimum Gasteiger partial charge on any atom is -0.461 e. The Hall–Kier alpha value is -5.22. The van der Waals surface area contributed by atoms with Crippen LogP contribution >= 0.6 is 15.9 Å². The number of carbonyl (C=O) groups excluding carboxylic acids is 4. The van der Waals surface area contributed by atoms with Crippen LogP contribution in [0.4, 0.5) is 9.59 Å². The molecule has 0 spiro atoms. The van der Waals surface area contributed by atoms with E-state index < -0.39 is 83.7 Å². The molecule has 0 unspecified atom stereocenters. The van der Waals surface area contributed by atoms with Gasteiger partial charge in [0.1, 0.15) is 48.3 Å². The Bertz CT molecular complexity index is 1930. The number of aromatic amines is 1. The zero-order chi connectivity index (χ0) is 40.3. The number of benzene rings is 2. The fourth-order valence-corrected chi connectivity index (χ4v) is 5.81. The molecule has 2 heterocycles. The highest BCUT2D eigenvalue weighted by Gasteiger charge is 2.42. The number of carbonyl (C=O) groups is 4. The summed E-state index contributed by atoms with van der Waals surface area (Å²) in [5.74, 6) is -1.67. The second-order valence-electron chi connectivity index (χ2n) is 14.8. The zero-order valence-electron chi connectivity index (χ0n) is 31.5. The Balaban J connectivity index is 1.61. The largest absolute Gasteiger partial charge is 0.461 e. The molecule has 0 radical (unpaired) electrons. The second-order valence-corrected chi connectivity index (χ2v) is 15.3. The number of ether oxygens (including phenoxy) is 5. The summed E-state index contributed by atoms with van der Waals surface area (Å²) in [6.45, 7) is 9.65. The first-order valence-corrected chi connectivity index (χ1v) is 18.5. The lowest BCUT2D eigenvalue weighted by molar-refractivity contribution is -0.161. The number of H-pyrrole nitrogens is 1. The molecule has 296 valence electrons. The first kappa shape index (κ1) is 42.5. The van der Waals surface area contributed by atoms with E-state index in [9.17, 15) is 28.8 Å². The maximum absolute atomic E-state index is 13.9. The standard InChI is InChI=1S/C39H47BrN4O11/c1-38(2,3)54-36(49)41-27(19-24-13-9-7-10-14-24)33(46)51-23-30-29(21-31(52-30)44-22-26(17-18-40)32(45)43-35(44)48)53-34(47)28(20-25-15-11-8-12-16-25)42-37(50)55-39(4,5)6/h7-18,22,27-31H,19-21,23H2,1-6H3,(H,41,49)(H,42,50)(H,43,45,48)/b18-17+/t27-,28-,29-,30+,31+/m0/s1. The van der Waals surface area contributed by atoms with Crippen molar-refractivity contribution in [2.24, 2.45) is 0 Å². The van der Waals surface area contributed by atoms with Gasteiger partial charge in [0.2, 0.25) is 0 Å². The van der Waals surface area contributed by atoms with Crippen molar-refractivity contribution in [3.63, 3.8) is 0 Å². The number of nitrogens with one attached hydrogen (secondary N) is 3. The Morgan fingerprint density at radius 1 is 0.855 bits per heavy atom. The van der Waals surface area contributed by atoms with Crippen LogP contribution in [0.1, 0.15) is 70.9 Å². The van der Waals surface area contributed by atoms with Gasteiger partial charge in [0, 0.05) is 25.5 Å². The molecule has 0 saturated carbocycles. The highest BCUT2D eigenvalue weighted by molar-refractivity contribution is 9.11. The number of alkyl carbamates (subject to hydrolysis) is 2. The second kappa shape index (κ2) is 18.9. The first-order chi connectivity index (χ1) is 25.9. The van der Waals surface area contributed by atoms with Gasteiger partial charge in [-0.25, -0.2) is 24.0 Å². The Morgan fingerprint density at radius 3 is 1.85 bits per heavy atom. The van der Waals surface area contributed by atoms with Gasteiger partial charge < -0.3 is 34.3 Å². The van der Waals surface area contributed by atoms with Crippen molar-refractivity contribution < 1.29 is 42.9 Å². The molecule has 1 aliphatic rings. The molecule has 3 aromatic rings. The van der Waals surface area contributed by atoms with Gasteiger partial charge >= 0.3 is 29.8 Å². The number of halogens is 1. The quantitative estimate of drug-likeness (QED) is 0.157. The summed E-state index contributed by atoms with van der Waals surface area (Å²) in [6, 6.07) is 15.5. The van der Waals surface area contributed by atoms with E-state index in [1.165, 1.54) is 17.3 Å². The number of nitrogens with zero attached hydrogens (tertiary/aromatic N) is 1. The van der Waals surface area contributed by atoms with E-state index >= 15 is 0 Å². The minimum absolute atomic E-state index is 0.0503. The van der Waals surface area contributed by atoms with Crippen LogP contribution in [0.15, 0.2) is 81.4 Å². The number of rotatable bonds is 13. The van der Waals surface area contributed by atoms with Crippen LogP contribution in [-0.4, -0.2) is 75.8 Å². The zero-order valence-corrected chi connectivity index (χ0v) is 33.1. The molecular formula is C39H47BrN4O11. The third kappa shape index (κ3) is 13.5. The topological polar surface area (TPSA) is 193 Å². The van der Waals surface area contributed by atoms with Crippen LogP contribution in [0.3, 0.4) is 0 Å². The smallest absolute Gasteiger partial charge is 0.408 e. The van der Waals surface area contributed by atoms with Gasteiger partial charge in [-0.05, 0) is 63.7 Å². The molecule has 2 aromatic carbocycles. The van der Waals surface area contributed by atoms with Gasteiger partial charge in [-0.2, -0.15) is 0 Å². The molecule has 1 fully saturated rings. The summed E-state index contributed by atoms with van der Waals surface area (Å²) in [6.07, 6.45) is -2.28. The van der Waals surface area contributed by atoms with Crippen LogP contribution < -0.4 is 21.9 Å². The van der Waals surface area contributed by atoms with Crippen molar-refractivity contribution in [2.75, 3.05) is 6.61 Å². The Kier molecular flexibility index (Phi) is 14.6. The predicted molar refractivity (Wildman–Crippen MR) is 205 cm³/mol. The van der Waals surface area contributed by atoms with Crippen molar-refractivity contribution in [2.45, 2.75) is 103 Å². The third-order valence-corrected chi connectivity index (χ3v) is 8.17. The summed E-state index contributed by atoms with van der Waals surface area (Å²) in [7, 11) is 0. The average molecular weight is 828 g/mol. The highest BCUT2D eigenvalue weighted by atomic mass is 79.9. The fourth-order valence-electron chi connectivity index (χ4n) is 5.53. The van der Waals surface area contributed by atoms with Crippen LogP contribution in [0.5, 0.6) is 0 Å². The molecule has 1 aliphatic heterocycles. The maximum atomic E-state index is 13.9. The summed E-state index contributed by atoms with van der Waals surface area (Å²) in [4.78, 5) is 82.2. The van der Waals surface area contributed by atoms with E-state index in [4.69, 9.17) is 23.7 Å². The molecular weight excluding hydrogens is 780 g/mol. The lowest BCUT2D eigenvalue weighted by atomic mass is 10.1. The van der Waals surface area contributed by atoms with Crippen molar-refractivity contribution in [1.82, 2.24) is 20.2 Å². The summed E-state index contributed by atoms with van der Waals surface area (Å²) < 4.78 is 29.8. The van der Waals surface area contributed by atoms with Crippen molar-refractivity contribution in [1.29, 1.82) is 0 Å². The van der Waals surface area contributed by atoms with Crippen LogP contribution in [0, 0.1) is 0 Å². The molecule has 0 bridgehead atoms. The monoisotopic (exact) mass is 826 g/mol. The fraction of sp³-hybridized carbons (Fsp3) is 0.436. The van der Waals surface area contributed by atoms with E-state index in [1.54, 1.807) is 90.1 Å². The highest BCUT2D eigenvalue weighted by Crippen LogP contribution is 2.31. The van der Waals surface area contributed by atoms with Crippen LogP contribution in [0.25, 0.3) is 6.08 Å². The number of aromatic nitrogens is 2. The third-order valence-electron chi connectivity index (χ3n) is 7.90. The summed E-state index contributed by atoms with van der Waals surface area (Å²) >= 11 is 3.13. The number of hydrogen-bond donors (Lipinski definition) is 3. The molecule has 3 N–H and O–H groups in total. The van der Waals surface area contributed by atoms with Gasteiger partial charge in [0.15, 0.2) is 0 Å².